The predicted octanol–water partition coefficient (Wildman–Crippen LogP) is 4.40. The molecule has 2 N–H and O–H groups in total. The molecule has 0 aromatic heterocycles. The Labute approximate surface area is 153 Å². The van der Waals surface area contributed by atoms with Gasteiger partial charge in [-0.05, 0) is 42.2 Å². The van der Waals surface area contributed by atoms with E-state index >= 15 is 0 Å². The summed E-state index contributed by atoms with van der Waals surface area (Å²) in [6.07, 6.45) is 1.05. The van der Waals surface area contributed by atoms with Gasteiger partial charge in [-0.1, -0.05) is 43.6 Å². The topological polar surface area (TPSA) is 75.3 Å². The zero-order chi connectivity index (χ0) is 18.8. The first kappa shape index (κ1) is 19.3. The van der Waals surface area contributed by atoms with Gasteiger partial charge in [-0.3, -0.25) is 9.52 Å². The van der Waals surface area contributed by atoms with Crippen LogP contribution in [0.3, 0.4) is 0 Å². The predicted molar refractivity (Wildman–Crippen MR) is 103 cm³/mol. The molecule has 0 saturated heterocycles. The minimum absolute atomic E-state index is 0.172. The fourth-order valence-corrected chi connectivity index (χ4v) is 3.32. The summed E-state index contributed by atoms with van der Waals surface area (Å²) in [5.74, 6) is -0.0842. The highest BCUT2D eigenvalue weighted by molar-refractivity contribution is 7.92. The minimum Gasteiger partial charge on any atom is -0.321 e. The quantitative estimate of drug-likeness (QED) is 0.807. The molecule has 0 spiro atoms. The molecule has 2 rings (SSSR count). The van der Waals surface area contributed by atoms with Crippen LogP contribution in [-0.2, 0) is 10.0 Å². The lowest BCUT2D eigenvalue weighted by Crippen LogP contribution is -2.16. The van der Waals surface area contributed by atoms with Crippen molar-refractivity contribution < 1.29 is 13.2 Å². The number of carbonyl (C=O) groups is 1. The largest absolute Gasteiger partial charge is 0.321 e. The molecule has 0 aliphatic carbocycles. The van der Waals surface area contributed by atoms with Gasteiger partial charge in [0.15, 0.2) is 0 Å². The van der Waals surface area contributed by atoms with E-state index in [0.29, 0.717) is 5.69 Å². The molecular weight excluding hydrogens is 360 g/mol. The van der Waals surface area contributed by atoms with Gasteiger partial charge < -0.3 is 5.32 Å². The molecule has 0 aliphatic rings. The number of sulfonamides is 1. The van der Waals surface area contributed by atoms with E-state index in [-0.39, 0.29) is 22.4 Å². The summed E-state index contributed by atoms with van der Waals surface area (Å²) in [7, 11) is -3.41. The first-order valence-electron chi connectivity index (χ1n) is 7.76. The zero-order valence-electron chi connectivity index (χ0n) is 14.6. The summed E-state index contributed by atoms with van der Waals surface area (Å²) in [6, 6.07) is 10.3. The number of hydrogen-bond donors (Lipinski definition) is 2. The van der Waals surface area contributed by atoms with E-state index in [9.17, 15) is 13.2 Å². The highest BCUT2D eigenvalue weighted by Crippen LogP contribution is 2.29. The van der Waals surface area contributed by atoms with Crippen LogP contribution >= 0.6 is 11.6 Å². The van der Waals surface area contributed by atoms with Gasteiger partial charge in [-0.25, -0.2) is 8.42 Å². The average Bonchev–Trinajstić information content (AvgIpc) is 2.47. The Kier molecular flexibility index (Phi) is 5.75. The van der Waals surface area contributed by atoms with Crippen molar-refractivity contribution in [2.45, 2.75) is 26.7 Å². The van der Waals surface area contributed by atoms with Crippen molar-refractivity contribution in [3.8, 4) is 0 Å². The average molecular weight is 381 g/mol. The molecule has 0 saturated carbocycles. The fourth-order valence-electron chi connectivity index (χ4n) is 2.50. The van der Waals surface area contributed by atoms with E-state index in [1.807, 2.05) is 25.1 Å². The van der Waals surface area contributed by atoms with Gasteiger partial charge in [0, 0.05) is 11.4 Å². The Morgan fingerprint density at radius 2 is 1.84 bits per heavy atom. The highest BCUT2D eigenvalue weighted by Gasteiger charge is 2.16. The maximum Gasteiger partial charge on any atom is 0.257 e. The standard InChI is InChI=1S/C18H21ClN2O3S/c1-11(2)14-7-5-6-12(3)17(14)20-18(22)15-9-8-13(10-16(15)19)21-25(4,23)24/h5-11,21H,1-4H3,(H,20,22). The molecule has 0 atom stereocenters. The second-order valence-electron chi connectivity index (χ2n) is 6.22. The number of aryl methyl sites for hydroxylation is 1. The molecule has 5 nitrogen and oxygen atoms in total. The smallest absolute Gasteiger partial charge is 0.257 e. The van der Waals surface area contributed by atoms with E-state index in [2.05, 4.69) is 23.9 Å². The van der Waals surface area contributed by atoms with Gasteiger partial charge in [0.25, 0.3) is 5.91 Å². The van der Waals surface area contributed by atoms with Gasteiger partial charge >= 0.3 is 0 Å². The minimum atomic E-state index is -3.41. The van der Waals surface area contributed by atoms with Crippen LogP contribution in [-0.4, -0.2) is 20.6 Å². The highest BCUT2D eigenvalue weighted by atomic mass is 35.5. The van der Waals surface area contributed by atoms with Crippen LogP contribution in [0.25, 0.3) is 0 Å². The van der Waals surface area contributed by atoms with Crippen molar-refractivity contribution in [1.82, 2.24) is 0 Å². The number of nitrogens with one attached hydrogen (secondary N) is 2. The van der Waals surface area contributed by atoms with Crippen molar-refractivity contribution in [1.29, 1.82) is 0 Å². The molecule has 2 aromatic carbocycles. The number of carbonyl (C=O) groups excluding carboxylic acids is 1. The Balaban J connectivity index is 2.31. The molecule has 0 heterocycles. The monoisotopic (exact) mass is 380 g/mol. The number of benzene rings is 2. The van der Waals surface area contributed by atoms with E-state index in [4.69, 9.17) is 11.6 Å². The first-order chi connectivity index (χ1) is 11.6. The van der Waals surface area contributed by atoms with E-state index in [1.54, 1.807) is 0 Å². The first-order valence-corrected chi connectivity index (χ1v) is 10.0. The number of amides is 1. The van der Waals surface area contributed by atoms with Crippen molar-refractivity contribution >= 4 is 38.9 Å². The third-order valence-corrected chi connectivity index (χ3v) is 4.60. The molecular formula is C18H21ClN2O3S. The lowest BCUT2D eigenvalue weighted by atomic mass is 9.98. The molecule has 0 fully saturated rings. The summed E-state index contributed by atoms with van der Waals surface area (Å²) in [5.41, 5.74) is 3.37. The number of rotatable bonds is 5. The Bertz CT molecular complexity index is 909. The fraction of sp³-hybridized carbons (Fsp3) is 0.278. The van der Waals surface area contributed by atoms with Gasteiger partial charge in [-0.2, -0.15) is 0 Å². The van der Waals surface area contributed by atoms with Crippen LogP contribution < -0.4 is 10.0 Å². The van der Waals surface area contributed by atoms with Gasteiger partial charge in [0.05, 0.1) is 16.8 Å². The van der Waals surface area contributed by atoms with Crippen LogP contribution in [0.4, 0.5) is 11.4 Å². The summed E-state index contributed by atoms with van der Waals surface area (Å²) >= 11 is 6.17. The molecule has 7 heteroatoms. The lowest BCUT2D eigenvalue weighted by Gasteiger charge is -2.17. The second kappa shape index (κ2) is 7.45. The number of anilines is 2. The third-order valence-electron chi connectivity index (χ3n) is 3.68. The van der Waals surface area contributed by atoms with Crippen LogP contribution in [0.5, 0.6) is 0 Å². The molecule has 0 bridgehead atoms. The van der Waals surface area contributed by atoms with Crippen molar-refractivity contribution in [2.75, 3.05) is 16.3 Å². The van der Waals surface area contributed by atoms with Gasteiger partial charge in [0.1, 0.15) is 0 Å². The Morgan fingerprint density at radius 1 is 1.16 bits per heavy atom. The molecule has 134 valence electrons. The summed E-state index contributed by atoms with van der Waals surface area (Å²) in [4.78, 5) is 12.6. The lowest BCUT2D eigenvalue weighted by molar-refractivity contribution is 0.102. The zero-order valence-corrected chi connectivity index (χ0v) is 16.1. The third kappa shape index (κ3) is 4.96. The van der Waals surface area contributed by atoms with Crippen LogP contribution in [0.15, 0.2) is 36.4 Å². The van der Waals surface area contributed by atoms with Crippen LogP contribution in [0.2, 0.25) is 5.02 Å². The molecule has 0 unspecified atom stereocenters. The molecule has 25 heavy (non-hydrogen) atoms. The number of hydrogen-bond acceptors (Lipinski definition) is 3. The summed E-state index contributed by atoms with van der Waals surface area (Å²) in [5, 5.41) is 3.10. The molecule has 0 radical (unpaired) electrons. The van der Waals surface area contributed by atoms with Crippen LogP contribution in [0, 0.1) is 6.92 Å². The Morgan fingerprint density at radius 3 is 2.40 bits per heavy atom. The second-order valence-corrected chi connectivity index (χ2v) is 8.37. The summed E-state index contributed by atoms with van der Waals surface area (Å²) in [6.45, 7) is 6.05. The van der Waals surface area contributed by atoms with E-state index in [1.165, 1.54) is 18.2 Å². The molecule has 2 aromatic rings. The van der Waals surface area contributed by atoms with Crippen molar-refractivity contribution in [3.63, 3.8) is 0 Å². The molecule has 1 amide bonds. The number of para-hydroxylation sites is 1. The SMILES string of the molecule is Cc1cccc(C(C)C)c1NC(=O)c1ccc(NS(C)(=O)=O)cc1Cl. The van der Waals surface area contributed by atoms with Crippen molar-refractivity contribution in [2.24, 2.45) is 0 Å². The van der Waals surface area contributed by atoms with Gasteiger partial charge in [0.2, 0.25) is 10.0 Å². The normalized spacial score (nSPS) is 11.4. The molecule has 0 aliphatic heterocycles. The van der Waals surface area contributed by atoms with E-state index in [0.717, 1.165) is 23.1 Å². The Hall–Kier alpha value is -2.05. The number of halogens is 1. The maximum absolute atomic E-state index is 12.6. The van der Waals surface area contributed by atoms with E-state index < -0.39 is 10.0 Å². The maximum atomic E-state index is 12.6. The summed E-state index contributed by atoms with van der Waals surface area (Å²) < 4.78 is 24.9. The van der Waals surface area contributed by atoms with Crippen LogP contribution in [0.1, 0.15) is 41.3 Å². The van der Waals surface area contributed by atoms with Gasteiger partial charge in [-0.15, -0.1) is 0 Å². The van der Waals surface area contributed by atoms with Crippen molar-refractivity contribution in [3.05, 3.63) is 58.1 Å².